The maximum Gasteiger partial charge on any atom is 0.229 e. The lowest BCUT2D eigenvalue weighted by Crippen LogP contribution is -2.27. The van der Waals surface area contributed by atoms with Gasteiger partial charge in [0.1, 0.15) is 11.6 Å². The molecule has 0 amide bonds. The van der Waals surface area contributed by atoms with Crippen LogP contribution >= 0.6 is 0 Å². The summed E-state index contributed by atoms with van der Waals surface area (Å²) in [5.74, 6) is 2.98. The van der Waals surface area contributed by atoms with Crippen LogP contribution < -0.4 is 11.3 Å². The molecule has 1 aromatic carbocycles. The van der Waals surface area contributed by atoms with Gasteiger partial charge in [0, 0.05) is 6.21 Å². The summed E-state index contributed by atoms with van der Waals surface area (Å²) in [5.41, 5.74) is 1.62. The number of halogens is 2. The van der Waals surface area contributed by atoms with Crippen LogP contribution in [0, 0.1) is 17.0 Å². The Balaban J connectivity index is 2.96. The van der Waals surface area contributed by atoms with Crippen molar-refractivity contribution < 1.29 is 8.78 Å². The maximum atomic E-state index is 13.0. The van der Waals surface area contributed by atoms with Crippen molar-refractivity contribution in [2.24, 2.45) is 10.8 Å². The van der Waals surface area contributed by atoms with Gasteiger partial charge in [-0.15, -0.1) is 0 Å². The molecular formula is C8H8F2N4. The Kier molecular flexibility index (Phi) is 3.24. The van der Waals surface area contributed by atoms with E-state index in [1.807, 2.05) is 5.43 Å². The van der Waals surface area contributed by atoms with Crippen molar-refractivity contribution in [2.45, 2.75) is 0 Å². The van der Waals surface area contributed by atoms with Gasteiger partial charge in [0.05, 0.1) is 5.56 Å². The topological polar surface area (TPSA) is 74.3 Å². The van der Waals surface area contributed by atoms with Gasteiger partial charge in [-0.3, -0.25) is 10.8 Å². The van der Waals surface area contributed by atoms with Gasteiger partial charge in [0.15, 0.2) is 0 Å². The molecule has 74 valence electrons. The van der Waals surface area contributed by atoms with Crippen molar-refractivity contribution >= 4 is 12.2 Å². The van der Waals surface area contributed by atoms with Gasteiger partial charge in [-0.1, -0.05) is 6.07 Å². The molecule has 1 aromatic rings. The third kappa shape index (κ3) is 2.33. The van der Waals surface area contributed by atoms with E-state index in [0.29, 0.717) is 0 Å². The quantitative estimate of drug-likeness (QED) is 0.270. The van der Waals surface area contributed by atoms with Gasteiger partial charge in [0.25, 0.3) is 0 Å². The lowest BCUT2D eigenvalue weighted by molar-refractivity contribution is 0.580. The first-order valence-corrected chi connectivity index (χ1v) is 3.68. The van der Waals surface area contributed by atoms with E-state index >= 15 is 0 Å². The van der Waals surface area contributed by atoms with E-state index in [1.165, 1.54) is 6.07 Å². The first kappa shape index (κ1) is 10.3. The number of benzene rings is 1. The molecule has 0 aliphatic heterocycles. The van der Waals surface area contributed by atoms with Crippen LogP contribution in [0.5, 0.6) is 0 Å². The van der Waals surface area contributed by atoms with Crippen molar-refractivity contribution in [1.29, 1.82) is 5.41 Å². The fourth-order valence-corrected chi connectivity index (χ4v) is 0.800. The zero-order valence-electron chi connectivity index (χ0n) is 7.09. The second kappa shape index (κ2) is 4.43. The number of hydrogen-bond donors (Lipinski definition) is 3. The Morgan fingerprint density at radius 1 is 1.43 bits per heavy atom. The van der Waals surface area contributed by atoms with Crippen LogP contribution in [0.1, 0.15) is 5.56 Å². The highest BCUT2D eigenvalue weighted by atomic mass is 19.1. The van der Waals surface area contributed by atoms with Gasteiger partial charge in [-0.05, 0) is 12.1 Å². The van der Waals surface area contributed by atoms with Crippen LogP contribution in [0.4, 0.5) is 8.78 Å². The second-order valence-corrected chi connectivity index (χ2v) is 2.39. The number of nitrogens with two attached hydrogens (primary N) is 1. The first-order chi connectivity index (χ1) is 6.65. The highest BCUT2D eigenvalue weighted by molar-refractivity contribution is 5.92. The van der Waals surface area contributed by atoms with E-state index in [4.69, 9.17) is 11.3 Å². The standard InChI is InChI=1S/C8H8F2N4/c9-6-2-1-3-7(10)5(6)4-13-8(11)14-12/h1-4H,12H2,(H2,11,14). The molecule has 0 heterocycles. The molecule has 0 aliphatic carbocycles. The summed E-state index contributed by atoms with van der Waals surface area (Å²) in [5, 5.41) is 6.95. The summed E-state index contributed by atoms with van der Waals surface area (Å²) in [4.78, 5) is 3.38. The average molecular weight is 198 g/mol. The number of aliphatic imine (C=N–C) groups is 1. The van der Waals surface area contributed by atoms with Crippen LogP contribution in [0.15, 0.2) is 23.2 Å². The lowest BCUT2D eigenvalue weighted by Gasteiger charge is -1.98. The molecule has 0 spiro atoms. The molecule has 0 saturated carbocycles. The van der Waals surface area contributed by atoms with Crippen molar-refractivity contribution in [2.75, 3.05) is 0 Å². The van der Waals surface area contributed by atoms with Crippen LogP contribution in [-0.4, -0.2) is 12.2 Å². The van der Waals surface area contributed by atoms with E-state index in [9.17, 15) is 8.78 Å². The van der Waals surface area contributed by atoms with Crippen molar-refractivity contribution in [3.8, 4) is 0 Å². The Bertz CT molecular complexity index is 355. The van der Waals surface area contributed by atoms with Gasteiger partial charge in [-0.2, -0.15) is 0 Å². The van der Waals surface area contributed by atoms with E-state index in [-0.39, 0.29) is 11.5 Å². The summed E-state index contributed by atoms with van der Waals surface area (Å²) < 4.78 is 25.9. The predicted molar refractivity (Wildman–Crippen MR) is 49.0 cm³/mol. The zero-order chi connectivity index (χ0) is 10.6. The Morgan fingerprint density at radius 2 is 2.00 bits per heavy atom. The lowest BCUT2D eigenvalue weighted by atomic mass is 10.2. The van der Waals surface area contributed by atoms with Crippen LogP contribution in [0.2, 0.25) is 0 Å². The molecule has 14 heavy (non-hydrogen) atoms. The molecule has 4 nitrogen and oxygen atoms in total. The fourth-order valence-electron chi connectivity index (χ4n) is 0.800. The third-order valence-electron chi connectivity index (χ3n) is 1.46. The smallest absolute Gasteiger partial charge is 0.229 e. The normalized spacial score (nSPS) is 10.5. The van der Waals surface area contributed by atoms with Gasteiger partial charge >= 0.3 is 0 Å². The Morgan fingerprint density at radius 3 is 2.50 bits per heavy atom. The van der Waals surface area contributed by atoms with Gasteiger partial charge < -0.3 is 0 Å². The monoisotopic (exact) mass is 198 g/mol. The molecule has 0 unspecified atom stereocenters. The molecule has 4 N–H and O–H groups in total. The minimum absolute atomic E-state index is 0.299. The number of nitrogens with zero attached hydrogens (tertiary/aromatic N) is 1. The number of guanidine groups is 1. The molecule has 6 heteroatoms. The predicted octanol–water partition coefficient (Wildman–Crippen LogP) is 0.782. The van der Waals surface area contributed by atoms with Crippen molar-refractivity contribution in [3.63, 3.8) is 0 Å². The summed E-state index contributed by atoms with van der Waals surface area (Å²) in [6.45, 7) is 0. The van der Waals surface area contributed by atoms with E-state index in [1.54, 1.807) is 0 Å². The zero-order valence-corrected chi connectivity index (χ0v) is 7.09. The Labute approximate surface area is 78.9 Å². The Hall–Kier alpha value is -1.82. The molecule has 1 rings (SSSR count). The van der Waals surface area contributed by atoms with Crippen LogP contribution in [0.3, 0.4) is 0 Å². The number of hydrogen-bond acceptors (Lipinski definition) is 2. The number of nitrogens with one attached hydrogen (secondary N) is 2. The highest BCUT2D eigenvalue weighted by Gasteiger charge is 2.04. The summed E-state index contributed by atoms with van der Waals surface area (Å²) in [6.07, 6.45) is 0.896. The molecule has 0 atom stereocenters. The second-order valence-electron chi connectivity index (χ2n) is 2.39. The maximum absolute atomic E-state index is 13.0. The summed E-state index contributed by atoms with van der Waals surface area (Å²) in [6, 6.07) is 3.45. The molecule has 0 bridgehead atoms. The minimum Gasteiger partial charge on any atom is -0.293 e. The molecular weight excluding hydrogens is 190 g/mol. The number of rotatable bonds is 1. The largest absolute Gasteiger partial charge is 0.293 e. The van der Waals surface area contributed by atoms with Crippen LogP contribution in [-0.2, 0) is 0 Å². The molecule has 0 saturated heterocycles. The molecule has 0 radical (unpaired) electrons. The molecule has 0 aliphatic rings. The number of hydrazine groups is 1. The van der Waals surface area contributed by atoms with Crippen molar-refractivity contribution in [1.82, 2.24) is 5.43 Å². The molecule has 0 fully saturated rings. The third-order valence-corrected chi connectivity index (χ3v) is 1.46. The summed E-state index contributed by atoms with van der Waals surface area (Å²) in [7, 11) is 0. The van der Waals surface area contributed by atoms with Gasteiger partial charge in [0.2, 0.25) is 5.96 Å². The van der Waals surface area contributed by atoms with E-state index in [0.717, 1.165) is 18.3 Å². The van der Waals surface area contributed by atoms with E-state index in [2.05, 4.69) is 4.99 Å². The minimum atomic E-state index is -0.737. The van der Waals surface area contributed by atoms with Crippen LogP contribution in [0.25, 0.3) is 0 Å². The van der Waals surface area contributed by atoms with Crippen molar-refractivity contribution in [3.05, 3.63) is 35.4 Å². The molecule has 0 aromatic heterocycles. The fraction of sp³-hybridized carbons (Fsp3) is 0. The SMILES string of the molecule is N=C(N=Cc1c(F)cccc1F)NN. The average Bonchev–Trinajstić information content (AvgIpc) is 2.16. The summed E-state index contributed by atoms with van der Waals surface area (Å²) >= 11 is 0. The first-order valence-electron chi connectivity index (χ1n) is 3.68. The van der Waals surface area contributed by atoms with E-state index < -0.39 is 11.6 Å². The highest BCUT2D eigenvalue weighted by Crippen LogP contribution is 2.08. The van der Waals surface area contributed by atoms with Gasteiger partial charge in [-0.25, -0.2) is 19.6 Å².